The molecular formula is C31H43N8O18P3S. The minimum absolute atomic E-state index is 0.0106. The number of nitrogens with zero attached hydrogens (tertiary/aromatic N) is 4. The van der Waals surface area contributed by atoms with Gasteiger partial charge in [-0.15, -0.1) is 0 Å². The van der Waals surface area contributed by atoms with Crippen LogP contribution in [0, 0.1) is 5.41 Å². The smallest absolute Gasteiger partial charge is 0.386 e. The largest absolute Gasteiger partial charge is 0.481 e. The van der Waals surface area contributed by atoms with Gasteiger partial charge in [0.05, 0.1) is 25.5 Å². The van der Waals surface area contributed by atoms with E-state index >= 15 is 0 Å². The van der Waals surface area contributed by atoms with Gasteiger partial charge < -0.3 is 56.2 Å². The quantitative estimate of drug-likeness (QED) is 0.0488. The van der Waals surface area contributed by atoms with Crippen LogP contribution in [0.2, 0.25) is 0 Å². The zero-order chi connectivity index (χ0) is 44.9. The number of nitrogens with two attached hydrogens (primary N) is 1. The Morgan fingerprint density at radius 1 is 1.05 bits per heavy atom. The standard InChI is InChI=1S/C31H43N8O18P3S/c1-31(2,25(43)29(45)34-8-7-20(40)33-9-10-61-21(41)11-17-16-5-3-4-6-18(16)38-28(17)44)13-54-60(51,52)57-59(49,50)53-12-19-24(56-58(46,47)48)23(42)30(55-19)39-15-37-22-26(32)35-14-36-27(22)39/h3-6,14-15,17,19,23-25,30,42-43H,7-13H2,1-2H3,(H,33,40)(H,34,45)(H,38,44)(H,49,50)(H,51,52)(H2,32,35,36)(H2,46,47,48)/t17?,19-,23-,24-,25+,30-/m1/s1. The maximum atomic E-state index is 12.7. The predicted molar refractivity (Wildman–Crippen MR) is 210 cm³/mol. The number of carbonyl (C=O) groups is 4. The van der Waals surface area contributed by atoms with E-state index in [1.165, 1.54) is 13.8 Å². The Labute approximate surface area is 349 Å². The molecule has 2 aromatic heterocycles. The first kappa shape index (κ1) is 48.3. The van der Waals surface area contributed by atoms with E-state index < -0.39 is 90.5 Å². The van der Waals surface area contributed by atoms with Gasteiger partial charge in [-0.25, -0.2) is 28.6 Å². The second kappa shape index (κ2) is 19.7. The average Bonchev–Trinajstić information content (AvgIpc) is 3.83. The molecular weight excluding hydrogens is 897 g/mol. The molecule has 336 valence electrons. The Balaban J connectivity index is 1.03. The van der Waals surface area contributed by atoms with Gasteiger partial charge in [0.1, 0.15) is 36.3 Å². The van der Waals surface area contributed by atoms with E-state index in [1.807, 2.05) is 0 Å². The van der Waals surface area contributed by atoms with Crippen LogP contribution in [-0.4, -0.2) is 129 Å². The molecule has 0 radical (unpaired) electrons. The summed E-state index contributed by atoms with van der Waals surface area (Å²) in [6.45, 7) is 0.291. The molecule has 26 nitrogen and oxygen atoms in total. The molecule has 2 aliphatic rings. The van der Waals surface area contributed by atoms with Crippen molar-refractivity contribution in [1.29, 1.82) is 0 Å². The molecule has 3 amide bonds. The summed E-state index contributed by atoms with van der Waals surface area (Å²) in [5.74, 6) is -2.18. The lowest BCUT2D eigenvalue weighted by atomic mass is 9.87. The summed E-state index contributed by atoms with van der Waals surface area (Å²) in [4.78, 5) is 101. The van der Waals surface area contributed by atoms with Crippen molar-refractivity contribution in [3.63, 3.8) is 0 Å². The molecule has 2 aliphatic heterocycles. The second-order valence-electron chi connectivity index (χ2n) is 14.1. The van der Waals surface area contributed by atoms with E-state index in [2.05, 4.69) is 39.7 Å². The van der Waals surface area contributed by atoms with Crippen molar-refractivity contribution in [1.82, 2.24) is 30.2 Å². The van der Waals surface area contributed by atoms with Gasteiger partial charge in [-0.05, 0) is 11.6 Å². The first-order chi connectivity index (χ1) is 28.5. The van der Waals surface area contributed by atoms with Crippen LogP contribution in [0.1, 0.15) is 44.4 Å². The number of aliphatic hydroxyl groups excluding tert-OH is 2. The van der Waals surface area contributed by atoms with Gasteiger partial charge in [-0.1, -0.05) is 43.8 Å². The summed E-state index contributed by atoms with van der Waals surface area (Å²) in [6.07, 6.45) is -7.06. The van der Waals surface area contributed by atoms with Gasteiger partial charge in [-0.2, -0.15) is 4.31 Å². The number of aromatic nitrogens is 4. The van der Waals surface area contributed by atoms with Crippen LogP contribution in [-0.2, 0) is 55.5 Å². The van der Waals surface area contributed by atoms with Crippen LogP contribution in [0.15, 0.2) is 36.9 Å². The van der Waals surface area contributed by atoms with Gasteiger partial charge in [0.15, 0.2) is 22.8 Å². The number of rotatable bonds is 21. The van der Waals surface area contributed by atoms with Crippen molar-refractivity contribution in [2.75, 3.05) is 43.1 Å². The number of benzene rings is 1. The highest BCUT2D eigenvalue weighted by Gasteiger charge is 2.50. The van der Waals surface area contributed by atoms with Crippen molar-refractivity contribution in [2.45, 2.75) is 63.3 Å². The summed E-state index contributed by atoms with van der Waals surface area (Å²) in [6, 6.07) is 7.07. The number of para-hydroxylation sites is 1. The van der Waals surface area contributed by atoms with Crippen molar-refractivity contribution in [2.24, 2.45) is 5.41 Å². The minimum atomic E-state index is -5.59. The zero-order valence-electron chi connectivity index (χ0n) is 32.1. The molecule has 0 spiro atoms. The summed E-state index contributed by atoms with van der Waals surface area (Å²) < 4.78 is 62.2. The number of fused-ring (bicyclic) bond motifs is 2. The Morgan fingerprint density at radius 2 is 1.75 bits per heavy atom. The fourth-order valence-corrected chi connectivity index (χ4v) is 9.54. The van der Waals surface area contributed by atoms with Crippen molar-refractivity contribution >= 4 is 80.7 Å². The average molecular weight is 941 g/mol. The van der Waals surface area contributed by atoms with E-state index in [0.717, 1.165) is 34.5 Å². The number of nitrogen functional groups attached to an aromatic ring is 1. The van der Waals surface area contributed by atoms with Crippen LogP contribution < -0.4 is 21.7 Å². The highest BCUT2D eigenvalue weighted by Crippen LogP contribution is 2.61. The summed E-state index contributed by atoms with van der Waals surface area (Å²) >= 11 is 0.954. The highest BCUT2D eigenvalue weighted by molar-refractivity contribution is 8.13. The maximum Gasteiger partial charge on any atom is 0.481 e. The van der Waals surface area contributed by atoms with Gasteiger partial charge in [0, 0.05) is 42.8 Å². The molecule has 3 aromatic rings. The number of phosphoric ester groups is 3. The predicted octanol–water partition coefficient (Wildman–Crippen LogP) is -0.209. The lowest BCUT2D eigenvalue weighted by Gasteiger charge is -2.30. The van der Waals surface area contributed by atoms with E-state index in [9.17, 15) is 62.7 Å². The Hall–Kier alpha value is -3.75. The van der Waals surface area contributed by atoms with Crippen LogP contribution in [0.5, 0.6) is 0 Å². The number of anilines is 2. The molecule has 0 aliphatic carbocycles. The molecule has 8 atom stereocenters. The summed E-state index contributed by atoms with van der Waals surface area (Å²) in [5.41, 5.74) is 5.63. The highest BCUT2D eigenvalue weighted by atomic mass is 32.2. The second-order valence-corrected chi connectivity index (χ2v) is 19.5. The lowest BCUT2D eigenvalue weighted by molar-refractivity contribution is -0.137. The molecule has 0 bridgehead atoms. The monoisotopic (exact) mass is 940 g/mol. The number of hydrogen-bond acceptors (Lipinski definition) is 19. The number of aliphatic hydroxyl groups is 2. The van der Waals surface area contributed by atoms with Crippen LogP contribution in [0.4, 0.5) is 11.5 Å². The molecule has 4 heterocycles. The number of ether oxygens (including phenoxy) is 1. The normalized spacial score (nSPS) is 22.8. The topological polar surface area (TPSA) is 393 Å². The molecule has 1 aromatic carbocycles. The first-order valence-electron chi connectivity index (χ1n) is 17.9. The molecule has 1 fully saturated rings. The summed E-state index contributed by atoms with van der Waals surface area (Å²) in [5, 5.41) is 28.9. The fraction of sp³-hybridized carbons (Fsp3) is 0.516. The summed E-state index contributed by atoms with van der Waals surface area (Å²) in [7, 11) is -16.5. The molecule has 3 unspecified atom stereocenters. The van der Waals surface area contributed by atoms with Gasteiger partial charge in [0.25, 0.3) is 0 Å². The third kappa shape index (κ3) is 12.9. The molecule has 0 saturated carbocycles. The lowest BCUT2D eigenvalue weighted by Crippen LogP contribution is -2.46. The van der Waals surface area contributed by atoms with Gasteiger partial charge in [-0.3, -0.25) is 37.3 Å². The van der Waals surface area contributed by atoms with E-state index in [4.69, 9.17) is 19.5 Å². The van der Waals surface area contributed by atoms with Crippen LogP contribution >= 0.6 is 35.2 Å². The number of nitrogens with one attached hydrogen (secondary N) is 3. The molecule has 1 saturated heterocycles. The number of carbonyl (C=O) groups excluding carboxylic acids is 4. The van der Waals surface area contributed by atoms with E-state index in [0.29, 0.717) is 5.69 Å². The van der Waals surface area contributed by atoms with Crippen molar-refractivity contribution in [3.8, 4) is 0 Å². The molecule has 61 heavy (non-hydrogen) atoms. The number of thioether (sulfide) groups is 1. The van der Waals surface area contributed by atoms with Crippen LogP contribution in [0.3, 0.4) is 0 Å². The number of hydrogen-bond donors (Lipinski definition) is 10. The Bertz CT molecular complexity index is 2260. The Morgan fingerprint density at radius 3 is 2.48 bits per heavy atom. The minimum Gasteiger partial charge on any atom is -0.386 e. The number of phosphoric acid groups is 3. The zero-order valence-corrected chi connectivity index (χ0v) is 35.6. The van der Waals surface area contributed by atoms with Gasteiger partial charge >= 0.3 is 23.5 Å². The third-order valence-corrected chi connectivity index (χ3v) is 13.0. The number of amides is 3. The maximum absolute atomic E-state index is 12.7. The van der Waals surface area contributed by atoms with Crippen molar-refractivity contribution in [3.05, 3.63) is 42.5 Å². The first-order valence-corrected chi connectivity index (χ1v) is 23.4. The van der Waals surface area contributed by atoms with Crippen molar-refractivity contribution < 1.29 is 85.3 Å². The Kier molecular flexibility index (Phi) is 15.6. The van der Waals surface area contributed by atoms with E-state index in [-0.39, 0.29) is 59.7 Å². The SMILES string of the molecule is CC(C)(COP(=O)(O)OP(=O)(O)OC[C@H]1O[C@@H](n2cnc3c(N)ncnc32)[C@H](O)[C@@H]1OP(=O)(O)O)[C@@H](O)C(=O)NCCC(=O)NCCSC(=O)CC1C(=O)Nc2ccccc21. The number of imidazole rings is 1. The van der Waals surface area contributed by atoms with Crippen LogP contribution in [0.25, 0.3) is 11.2 Å². The third-order valence-electron chi connectivity index (χ3n) is 9.05. The molecule has 5 rings (SSSR count). The fourth-order valence-electron chi connectivity index (χ4n) is 6.00. The molecule has 11 N–H and O–H groups in total. The van der Waals surface area contributed by atoms with Gasteiger partial charge in [0.2, 0.25) is 17.7 Å². The van der Waals surface area contributed by atoms with E-state index in [1.54, 1.807) is 24.3 Å². The molecule has 30 heteroatoms.